The van der Waals surface area contributed by atoms with Gasteiger partial charge in [-0.2, -0.15) is 0 Å². The molecule has 0 amide bonds. The lowest BCUT2D eigenvalue weighted by Gasteiger charge is -2.09. The molecule has 3 nitrogen and oxygen atoms in total. The molecule has 5 heteroatoms. The fraction of sp³-hybridized carbons (Fsp3) is 0.364. The van der Waals surface area contributed by atoms with Gasteiger partial charge in [0, 0.05) is 14.6 Å². The van der Waals surface area contributed by atoms with Crippen molar-refractivity contribution in [2.75, 3.05) is 0 Å². The molecule has 3 N–H and O–H groups in total. The molecule has 0 saturated heterocycles. The van der Waals surface area contributed by atoms with Crippen molar-refractivity contribution in [1.82, 2.24) is 0 Å². The molecule has 0 bridgehead atoms. The topological polar surface area (TPSA) is 63.3 Å². The Morgan fingerprint density at radius 2 is 2.25 bits per heavy atom. The summed E-state index contributed by atoms with van der Waals surface area (Å²) in [7, 11) is 0. The first-order chi connectivity index (χ1) is 7.58. The molecule has 16 heavy (non-hydrogen) atoms. The second-order valence-corrected chi connectivity index (χ2v) is 6.02. The van der Waals surface area contributed by atoms with Gasteiger partial charge >= 0.3 is 5.97 Å². The average Bonchev–Trinajstić information content (AvgIpc) is 3.03. The summed E-state index contributed by atoms with van der Waals surface area (Å²) in [6.07, 6.45) is 2.54. The van der Waals surface area contributed by atoms with Crippen molar-refractivity contribution in [2.45, 2.75) is 29.0 Å². The molecule has 1 aromatic carbocycles. The van der Waals surface area contributed by atoms with Crippen molar-refractivity contribution in [2.24, 2.45) is 5.73 Å². The van der Waals surface area contributed by atoms with Gasteiger partial charge < -0.3 is 10.8 Å². The summed E-state index contributed by atoms with van der Waals surface area (Å²) >= 11 is 5.28. The first-order valence-corrected chi connectivity index (χ1v) is 6.69. The molecular formula is C11H12BrNO2S. The van der Waals surface area contributed by atoms with E-state index in [-0.39, 0.29) is 0 Å². The number of carbonyl (C=O) groups is 1. The van der Waals surface area contributed by atoms with E-state index >= 15 is 0 Å². The van der Waals surface area contributed by atoms with E-state index in [1.807, 2.05) is 17.8 Å². The van der Waals surface area contributed by atoms with E-state index in [1.54, 1.807) is 12.1 Å². The van der Waals surface area contributed by atoms with Crippen LogP contribution in [0.4, 0.5) is 0 Å². The largest absolute Gasteiger partial charge is 0.480 e. The smallest absolute Gasteiger partial charge is 0.325 e. The monoisotopic (exact) mass is 301 g/mol. The van der Waals surface area contributed by atoms with E-state index in [4.69, 9.17) is 10.8 Å². The lowest BCUT2D eigenvalue weighted by molar-refractivity contribution is -0.138. The summed E-state index contributed by atoms with van der Waals surface area (Å²) in [5.74, 6) is -1.01. The number of carboxylic acid groups (broad SMARTS) is 1. The van der Waals surface area contributed by atoms with Crippen molar-refractivity contribution < 1.29 is 9.90 Å². The molecule has 0 aliphatic heterocycles. The van der Waals surface area contributed by atoms with Crippen LogP contribution in [-0.2, 0) is 4.79 Å². The van der Waals surface area contributed by atoms with E-state index in [1.165, 1.54) is 12.8 Å². The highest BCUT2D eigenvalue weighted by atomic mass is 79.9. The van der Waals surface area contributed by atoms with Gasteiger partial charge in [0.25, 0.3) is 0 Å². The minimum absolute atomic E-state index is 0.625. The number of hydrogen-bond donors (Lipinski definition) is 2. The number of rotatable bonds is 4. The third-order valence-corrected chi connectivity index (χ3v) is 4.73. The fourth-order valence-corrected chi connectivity index (χ4v) is 3.04. The third kappa shape index (κ3) is 2.78. The van der Waals surface area contributed by atoms with E-state index in [0.717, 1.165) is 14.6 Å². The van der Waals surface area contributed by atoms with Crippen molar-refractivity contribution in [3.05, 3.63) is 28.2 Å². The van der Waals surface area contributed by atoms with Crippen molar-refractivity contribution in [3.63, 3.8) is 0 Å². The Labute approximate surface area is 107 Å². The molecule has 0 aromatic heterocycles. The molecule has 1 aliphatic carbocycles. The van der Waals surface area contributed by atoms with Crippen LogP contribution in [0.5, 0.6) is 0 Å². The standard InChI is InChI=1S/C11H12BrNO2S/c12-8-5-6(10(13)11(14)15)1-4-9(8)16-7-2-3-7/h1,4-5,7,10H,2-3,13H2,(H,14,15). The van der Waals surface area contributed by atoms with Crippen LogP contribution in [0.25, 0.3) is 0 Å². The quantitative estimate of drug-likeness (QED) is 0.897. The van der Waals surface area contributed by atoms with Gasteiger partial charge in [-0.05, 0) is 46.5 Å². The SMILES string of the molecule is NC(C(=O)O)c1ccc(SC2CC2)c(Br)c1. The van der Waals surface area contributed by atoms with Crippen LogP contribution in [0.15, 0.2) is 27.6 Å². The van der Waals surface area contributed by atoms with Crippen LogP contribution in [0.2, 0.25) is 0 Å². The molecule has 1 unspecified atom stereocenters. The van der Waals surface area contributed by atoms with Gasteiger partial charge in [-0.3, -0.25) is 4.79 Å². The van der Waals surface area contributed by atoms with Crippen LogP contribution in [-0.4, -0.2) is 16.3 Å². The van der Waals surface area contributed by atoms with Gasteiger partial charge in [-0.1, -0.05) is 6.07 Å². The highest BCUT2D eigenvalue weighted by Crippen LogP contribution is 2.42. The zero-order chi connectivity index (χ0) is 11.7. The third-order valence-electron chi connectivity index (χ3n) is 2.40. The van der Waals surface area contributed by atoms with Gasteiger partial charge in [0.05, 0.1) is 0 Å². The second kappa shape index (κ2) is 4.77. The molecule has 1 atom stereocenters. The minimum Gasteiger partial charge on any atom is -0.480 e. The molecule has 0 radical (unpaired) electrons. The first-order valence-electron chi connectivity index (χ1n) is 5.02. The van der Waals surface area contributed by atoms with E-state index in [9.17, 15) is 4.79 Å². The Kier molecular flexibility index (Phi) is 3.56. The zero-order valence-electron chi connectivity index (χ0n) is 8.52. The maximum Gasteiger partial charge on any atom is 0.325 e. The lowest BCUT2D eigenvalue weighted by atomic mass is 10.1. The van der Waals surface area contributed by atoms with Gasteiger partial charge in [-0.25, -0.2) is 0 Å². The van der Waals surface area contributed by atoms with E-state index in [2.05, 4.69) is 15.9 Å². The first kappa shape index (κ1) is 12.0. The molecule has 0 heterocycles. The van der Waals surface area contributed by atoms with Crippen LogP contribution in [0, 0.1) is 0 Å². The summed E-state index contributed by atoms with van der Waals surface area (Å²) in [5, 5.41) is 9.54. The highest BCUT2D eigenvalue weighted by molar-refractivity contribution is 9.10. The van der Waals surface area contributed by atoms with Crippen molar-refractivity contribution in [3.8, 4) is 0 Å². The summed E-state index contributed by atoms with van der Waals surface area (Å²) in [5.41, 5.74) is 6.17. The van der Waals surface area contributed by atoms with Crippen LogP contribution >= 0.6 is 27.7 Å². The number of carboxylic acids is 1. The number of benzene rings is 1. The van der Waals surface area contributed by atoms with Crippen molar-refractivity contribution in [1.29, 1.82) is 0 Å². The van der Waals surface area contributed by atoms with Crippen LogP contribution in [0.3, 0.4) is 0 Å². The highest BCUT2D eigenvalue weighted by Gasteiger charge is 2.24. The minimum atomic E-state index is -1.01. The predicted molar refractivity (Wildman–Crippen MR) is 67.6 cm³/mol. The lowest BCUT2D eigenvalue weighted by Crippen LogP contribution is -2.20. The summed E-state index contributed by atoms with van der Waals surface area (Å²) in [6.45, 7) is 0. The van der Waals surface area contributed by atoms with Gasteiger partial charge in [0.1, 0.15) is 6.04 Å². The van der Waals surface area contributed by atoms with E-state index in [0.29, 0.717) is 5.56 Å². The van der Waals surface area contributed by atoms with Crippen LogP contribution in [0.1, 0.15) is 24.4 Å². The van der Waals surface area contributed by atoms with Gasteiger partial charge in [0.2, 0.25) is 0 Å². The molecule has 2 rings (SSSR count). The molecule has 1 aliphatic rings. The summed E-state index contributed by atoms with van der Waals surface area (Å²) < 4.78 is 0.929. The predicted octanol–water partition coefficient (Wildman–Crippen LogP) is 2.79. The fourth-order valence-electron chi connectivity index (χ4n) is 1.31. The zero-order valence-corrected chi connectivity index (χ0v) is 10.9. The Morgan fingerprint density at radius 3 is 2.75 bits per heavy atom. The number of hydrogen-bond acceptors (Lipinski definition) is 3. The Morgan fingerprint density at radius 1 is 1.56 bits per heavy atom. The summed E-state index contributed by atoms with van der Waals surface area (Å²) in [6, 6.07) is 4.57. The Hall–Kier alpha value is -0.520. The maximum atomic E-state index is 10.7. The van der Waals surface area contributed by atoms with Gasteiger partial charge in [-0.15, -0.1) is 11.8 Å². The molecule has 1 saturated carbocycles. The number of thioether (sulfide) groups is 1. The maximum absolute atomic E-state index is 10.7. The number of aliphatic carboxylic acids is 1. The molecule has 86 valence electrons. The Bertz CT molecular complexity index is 420. The molecule has 0 spiro atoms. The molecule has 1 fully saturated rings. The average molecular weight is 302 g/mol. The Balaban J connectivity index is 2.17. The van der Waals surface area contributed by atoms with Crippen LogP contribution < -0.4 is 5.73 Å². The van der Waals surface area contributed by atoms with E-state index < -0.39 is 12.0 Å². The van der Waals surface area contributed by atoms with Crippen molar-refractivity contribution >= 4 is 33.7 Å². The second-order valence-electron chi connectivity index (χ2n) is 3.82. The summed E-state index contributed by atoms with van der Waals surface area (Å²) in [4.78, 5) is 11.9. The van der Waals surface area contributed by atoms with Gasteiger partial charge in [0.15, 0.2) is 0 Å². The number of nitrogens with two attached hydrogens (primary N) is 1. The normalized spacial score (nSPS) is 17.1. The number of halogens is 1. The molecule has 1 aromatic rings. The molecular weight excluding hydrogens is 290 g/mol.